The molecule has 1 amide bonds. The van der Waals surface area contributed by atoms with Crippen molar-refractivity contribution in [2.24, 2.45) is 5.73 Å². The lowest BCUT2D eigenvalue weighted by molar-refractivity contribution is -0.343. The first-order valence-corrected chi connectivity index (χ1v) is 10.3. The van der Waals surface area contributed by atoms with E-state index in [1.807, 2.05) is 0 Å². The van der Waals surface area contributed by atoms with Crippen molar-refractivity contribution in [3.63, 3.8) is 0 Å². The summed E-state index contributed by atoms with van der Waals surface area (Å²) < 4.78 is 16.1. The fourth-order valence-corrected chi connectivity index (χ4v) is 3.55. The van der Waals surface area contributed by atoms with Crippen molar-refractivity contribution >= 4 is 5.91 Å². The van der Waals surface area contributed by atoms with Gasteiger partial charge in [0.1, 0.15) is 48.8 Å². The summed E-state index contributed by atoms with van der Waals surface area (Å²) in [5.41, 5.74) is 5.40. The number of aliphatic hydroxyl groups is 7. The Hall–Kier alpha value is -0.970. The summed E-state index contributed by atoms with van der Waals surface area (Å²) in [6, 6.07) is 0. The van der Waals surface area contributed by atoms with E-state index >= 15 is 0 Å². The van der Waals surface area contributed by atoms with E-state index in [1.54, 1.807) is 0 Å². The minimum atomic E-state index is -1.74. The molecule has 182 valence electrons. The van der Waals surface area contributed by atoms with Gasteiger partial charge in [-0.3, -0.25) is 4.79 Å². The number of rotatable bonds is 10. The number of nitrogens with two attached hydrogens (primary N) is 1. The molecule has 2 aliphatic heterocycles. The molecule has 0 saturated carbocycles. The molecule has 0 aromatic rings. The van der Waals surface area contributed by atoms with Crippen LogP contribution in [-0.4, -0.2) is 123 Å². The zero-order chi connectivity index (χ0) is 23.1. The number of amides is 1. The van der Waals surface area contributed by atoms with E-state index in [-0.39, 0.29) is 6.42 Å². The molecule has 31 heavy (non-hydrogen) atoms. The van der Waals surface area contributed by atoms with Gasteiger partial charge in [-0.15, -0.1) is 0 Å². The van der Waals surface area contributed by atoms with Crippen molar-refractivity contribution < 1.29 is 54.8 Å². The van der Waals surface area contributed by atoms with Crippen molar-refractivity contribution in [3.8, 4) is 0 Å². The molecular weight excluding hydrogens is 420 g/mol. The number of carbonyl (C=O) groups excluding carboxylic acids is 1. The molecule has 0 aliphatic carbocycles. The van der Waals surface area contributed by atoms with Crippen molar-refractivity contribution in [2.75, 3.05) is 19.8 Å². The molecular formula is C18H34N2O11. The lowest BCUT2D eigenvalue weighted by atomic mass is 9.96. The standard InChI is InChI=1S/C18H34N2O11/c19-5-3-1-2-4-10(23)20-17-14(27)13(26)16(9(7-22)29-17)31-18-15(28)12(25)11(24)8(6-21)30-18/h8-9,11-18,21-22,24-28H,1-7,19H2,(H,20,23)/t8-,9-,11+,12+,13-,14-,15-,16-,17-,18+/m1/s1. The maximum absolute atomic E-state index is 12.1. The van der Waals surface area contributed by atoms with Gasteiger partial charge in [-0.2, -0.15) is 0 Å². The number of nitrogens with one attached hydrogen (secondary N) is 1. The highest BCUT2D eigenvalue weighted by molar-refractivity contribution is 5.76. The number of unbranched alkanes of at least 4 members (excludes halogenated alkanes) is 2. The Bertz CT molecular complexity index is 553. The van der Waals surface area contributed by atoms with Crippen LogP contribution in [0.3, 0.4) is 0 Å². The van der Waals surface area contributed by atoms with Gasteiger partial charge in [-0.1, -0.05) is 6.42 Å². The van der Waals surface area contributed by atoms with E-state index in [1.165, 1.54) is 0 Å². The van der Waals surface area contributed by atoms with Crippen LogP contribution in [0.4, 0.5) is 0 Å². The van der Waals surface area contributed by atoms with Gasteiger partial charge in [-0.25, -0.2) is 0 Å². The first-order chi connectivity index (χ1) is 14.7. The number of ether oxygens (including phenoxy) is 3. The van der Waals surface area contributed by atoms with Gasteiger partial charge in [0.25, 0.3) is 0 Å². The fourth-order valence-electron chi connectivity index (χ4n) is 3.55. The van der Waals surface area contributed by atoms with Gasteiger partial charge in [0.2, 0.25) is 5.91 Å². The van der Waals surface area contributed by atoms with Crippen LogP contribution >= 0.6 is 0 Å². The molecule has 0 radical (unpaired) electrons. The van der Waals surface area contributed by atoms with Crippen LogP contribution < -0.4 is 11.1 Å². The summed E-state index contributed by atoms with van der Waals surface area (Å²) in [5, 5.41) is 72.0. The highest BCUT2D eigenvalue weighted by atomic mass is 16.7. The second-order valence-electron chi connectivity index (χ2n) is 7.72. The Kier molecular flexibility index (Phi) is 10.4. The zero-order valence-corrected chi connectivity index (χ0v) is 17.1. The first kappa shape index (κ1) is 26.3. The van der Waals surface area contributed by atoms with Gasteiger partial charge in [0.05, 0.1) is 13.2 Å². The number of carbonyl (C=O) groups is 1. The molecule has 0 unspecified atom stereocenters. The van der Waals surface area contributed by atoms with Gasteiger partial charge in [0, 0.05) is 6.42 Å². The third kappa shape index (κ3) is 6.52. The van der Waals surface area contributed by atoms with Crippen LogP contribution in [0.2, 0.25) is 0 Å². The second kappa shape index (κ2) is 12.3. The van der Waals surface area contributed by atoms with E-state index in [0.29, 0.717) is 13.0 Å². The van der Waals surface area contributed by atoms with Crippen LogP contribution in [0.1, 0.15) is 25.7 Å². The Morgan fingerprint density at radius 2 is 1.52 bits per heavy atom. The molecule has 2 saturated heterocycles. The maximum atomic E-state index is 12.1. The molecule has 0 spiro atoms. The molecule has 13 nitrogen and oxygen atoms in total. The highest BCUT2D eigenvalue weighted by Crippen LogP contribution is 2.28. The molecule has 0 aromatic carbocycles. The van der Waals surface area contributed by atoms with E-state index in [2.05, 4.69) is 5.32 Å². The minimum absolute atomic E-state index is 0.164. The summed E-state index contributed by atoms with van der Waals surface area (Å²) in [5.74, 6) is -0.418. The monoisotopic (exact) mass is 454 g/mol. The van der Waals surface area contributed by atoms with Crippen LogP contribution in [0.15, 0.2) is 0 Å². The van der Waals surface area contributed by atoms with E-state index in [9.17, 15) is 40.5 Å². The van der Waals surface area contributed by atoms with E-state index in [0.717, 1.165) is 12.8 Å². The predicted molar refractivity (Wildman–Crippen MR) is 102 cm³/mol. The van der Waals surface area contributed by atoms with Crippen molar-refractivity contribution in [2.45, 2.75) is 87.0 Å². The molecule has 2 heterocycles. The first-order valence-electron chi connectivity index (χ1n) is 10.3. The summed E-state index contributed by atoms with van der Waals surface area (Å²) in [4.78, 5) is 12.1. The Morgan fingerprint density at radius 1 is 0.839 bits per heavy atom. The molecule has 0 aromatic heterocycles. The van der Waals surface area contributed by atoms with Gasteiger partial charge >= 0.3 is 0 Å². The minimum Gasteiger partial charge on any atom is -0.394 e. The summed E-state index contributed by atoms with van der Waals surface area (Å²) in [6.07, 6.45) is -12.9. The number of hydrogen-bond acceptors (Lipinski definition) is 12. The SMILES string of the molecule is NCCCCCC(=O)N[C@@H]1O[C@H](CO)[C@@H](O[C@@H]2O[C@H](CO)[C@H](O)[C@H](O)[C@H]2O)[C@H](O)[C@H]1O. The van der Waals surface area contributed by atoms with E-state index in [4.69, 9.17) is 19.9 Å². The van der Waals surface area contributed by atoms with E-state index < -0.39 is 80.5 Å². The number of hydrogen-bond donors (Lipinski definition) is 9. The van der Waals surface area contributed by atoms with Gasteiger partial charge in [-0.05, 0) is 19.4 Å². The summed E-state index contributed by atoms with van der Waals surface area (Å²) >= 11 is 0. The lowest BCUT2D eigenvalue weighted by Gasteiger charge is -2.46. The quantitative estimate of drug-likeness (QED) is 0.142. The van der Waals surface area contributed by atoms with Crippen LogP contribution in [-0.2, 0) is 19.0 Å². The Labute approximate surface area is 179 Å². The van der Waals surface area contributed by atoms with Crippen LogP contribution in [0.25, 0.3) is 0 Å². The summed E-state index contributed by atoms with van der Waals surface area (Å²) in [6.45, 7) is -0.832. The second-order valence-corrected chi connectivity index (χ2v) is 7.72. The average molecular weight is 454 g/mol. The van der Waals surface area contributed by atoms with Gasteiger partial charge < -0.3 is 61.0 Å². The average Bonchev–Trinajstić information content (AvgIpc) is 2.76. The van der Waals surface area contributed by atoms with Crippen LogP contribution in [0.5, 0.6) is 0 Å². The predicted octanol–water partition coefficient (Wildman–Crippen LogP) is -4.75. The molecule has 2 aliphatic rings. The maximum Gasteiger partial charge on any atom is 0.222 e. The molecule has 2 fully saturated rings. The molecule has 10 atom stereocenters. The Morgan fingerprint density at radius 3 is 2.13 bits per heavy atom. The third-order valence-electron chi connectivity index (χ3n) is 5.42. The lowest BCUT2D eigenvalue weighted by Crippen LogP contribution is -2.66. The number of aliphatic hydroxyl groups excluding tert-OH is 7. The molecule has 10 N–H and O–H groups in total. The third-order valence-corrected chi connectivity index (χ3v) is 5.42. The van der Waals surface area contributed by atoms with Crippen molar-refractivity contribution in [1.29, 1.82) is 0 Å². The molecule has 13 heteroatoms. The fraction of sp³-hybridized carbons (Fsp3) is 0.944. The smallest absolute Gasteiger partial charge is 0.222 e. The van der Waals surface area contributed by atoms with Crippen LogP contribution in [0, 0.1) is 0 Å². The van der Waals surface area contributed by atoms with Crippen molar-refractivity contribution in [3.05, 3.63) is 0 Å². The topological polar surface area (TPSA) is 224 Å². The Balaban J connectivity index is 1.99. The normalized spacial score (nSPS) is 41.2. The molecule has 0 bridgehead atoms. The van der Waals surface area contributed by atoms with Crippen molar-refractivity contribution in [1.82, 2.24) is 5.32 Å². The van der Waals surface area contributed by atoms with Gasteiger partial charge in [0.15, 0.2) is 12.5 Å². The largest absolute Gasteiger partial charge is 0.394 e. The molecule has 2 rings (SSSR count). The summed E-state index contributed by atoms with van der Waals surface area (Å²) in [7, 11) is 0. The highest BCUT2D eigenvalue weighted by Gasteiger charge is 2.50. The zero-order valence-electron chi connectivity index (χ0n) is 17.1.